The van der Waals surface area contributed by atoms with Crippen LogP contribution in [0.3, 0.4) is 0 Å². The highest BCUT2D eigenvalue weighted by molar-refractivity contribution is 7.45. The van der Waals surface area contributed by atoms with Crippen LogP contribution in [0.25, 0.3) is 0 Å². The smallest absolute Gasteiger partial charge is 0.306 e. The fourth-order valence-corrected chi connectivity index (χ4v) is 9.51. The molecule has 0 aliphatic rings. The quantitative estimate of drug-likeness (QED) is 0.0195. The summed E-state index contributed by atoms with van der Waals surface area (Å²) in [5, 5.41) is 0. The van der Waals surface area contributed by atoms with Crippen molar-refractivity contribution in [2.75, 3.05) is 47.5 Å². The molecule has 10 heteroatoms. The third-order valence-corrected chi connectivity index (χ3v) is 14.8. The van der Waals surface area contributed by atoms with Crippen LogP contribution < -0.4 is 4.89 Å². The molecular weight excluding hydrogens is 1060 g/mol. The van der Waals surface area contributed by atoms with Gasteiger partial charge in [-0.25, -0.2) is 0 Å². The van der Waals surface area contributed by atoms with Crippen LogP contribution in [0.2, 0.25) is 0 Å². The summed E-state index contributed by atoms with van der Waals surface area (Å²) >= 11 is 0. The molecule has 0 saturated carbocycles. The molecule has 0 aromatic carbocycles. The minimum absolute atomic E-state index is 0.0461. The number of carbonyl (C=O) groups is 2. The van der Waals surface area contributed by atoms with E-state index < -0.39 is 32.5 Å². The van der Waals surface area contributed by atoms with Gasteiger partial charge in [-0.2, -0.15) is 0 Å². The van der Waals surface area contributed by atoms with Crippen molar-refractivity contribution in [2.24, 2.45) is 0 Å². The average molecular weight is 1190 g/mol. The Morgan fingerprint density at radius 3 is 0.976 bits per heavy atom. The normalized spacial score (nSPS) is 14.1. The standard InChI is InChI=1S/C74H124NO8P/c1-6-8-10-12-14-16-18-20-22-24-26-28-30-32-34-35-36-37-38-39-41-42-44-46-48-50-52-54-56-58-60-62-64-66-73(76)80-70-72(71-82-84(78,79)81-69-68-75(3,4)5)83-74(77)67-65-63-61-59-57-55-53-51-49-47-45-43-40-33-31-29-27-25-23-21-19-17-15-13-11-9-7-2/h8-11,14-17,20-23,26-29,33,40,45,47,51,53,57,59,72H,6-7,12-13,18-19,24-25,30-32,34-39,41-44,46,48-50,52,54-56,58,60-71H2,1-5H3/b10-8-,11-9-,16-14-,17-15-,22-20-,23-21-,28-26-,29-27-,40-33-,47-45-,53-51-,59-57-. The van der Waals surface area contributed by atoms with Gasteiger partial charge in [0.1, 0.15) is 19.8 Å². The highest BCUT2D eigenvalue weighted by Gasteiger charge is 2.22. The zero-order chi connectivity index (χ0) is 61.2. The molecule has 0 aliphatic heterocycles. The van der Waals surface area contributed by atoms with Gasteiger partial charge < -0.3 is 27.9 Å². The molecule has 0 radical (unpaired) electrons. The first-order chi connectivity index (χ1) is 41.0. The number of likely N-dealkylation sites (N-methyl/N-ethyl adjacent to an activating group) is 1. The van der Waals surface area contributed by atoms with Crippen molar-refractivity contribution in [2.45, 2.75) is 264 Å². The maximum Gasteiger partial charge on any atom is 0.306 e. The predicted molar refractivity (Wildman–Crippen MR) is 360 cm³/mol. The Kier molecular flexibility index (Phi) is 60.3. The lowest BCUT2D eigenvalue weighted by atomic mass is 10.0. The van der Waals surface area contributed by atoms with Crippen LogP contribution in [0.4, 0.5) is 0 Å². The Hall–Kier alpha value is -4.11. The van der Waals surface area contributed by atoms with Crippen LogP contribution in [0.5, 0.6) is 0 Å². The van der Waals surface area contributed by atoms with E-state index in [4.69, 9.17) is 18.5 Å². The minimum Gasteiger partial charge on any atom is -0.756 e. The van der Waals surface area contributed by atoms with Gasteiger partial charge in [-0.15, -0.1) is 0 Å². The molecule has 0 amide bonds. The molecule has 84 heavy (non-hydrogen) atoms. The van der Waals surface area contributed by atoms with Gasteiger partial charge in [0.05, 0.1) is 27.7 Å². The van der Waals surface area contributed by atoms with E-state index in [1.807, 2.05) is 21.1 Å². The maximum absolute atomic E-state index is 12.8. The Morgan fingerprint density at radius 2 is 0.643 bits per heavy atom. The summed E-state index contributed by atoms with van der Waals surface area (Å²) in [5.74, 6) is -0.888. The second-order valence-corrected chi connectivity index (χ2v) is 24.5. The number of esters is 2. The second-order valence-electron chi connectivity index (χ2n) is 23.1. The van der Waals surface area contributed by atoms with E-state index in [0.717, 1.165) is 109 Å². The molecule has 478 valence electrons. The second kappa shape index (κ2) is 63.4. The van der Waals surface area contributed by atoms with E-state index >= 15 is 0 Å². The van der Waals surface area contributed by atoms with Crippen molar-refractivity contribution < 1.29 is 42.1 Å². The number of unbranched alkanes of at least 4 members (excludes halogenated alkanes) is 22. The van der Waals surface area contributed by atoms with E-state index in [9.17, 15) is 19.0 Å². The van der Waals surface area contributed by atoms with E-state index in [1.165, 1.54) is 116 Å². The van der Waals surface area contributed by atoms with Gasteiger partial charge in [-0.05, 0) is 116 Å². The van der Waals surface area contributed by atoms with Crippen molar-refractivity contribution in [3.63, 3.8) is 0 Å². The molecule has 0 aromatic rings. The molecule has 0 saturated heterocycles. The summed E-state index contributed by atoms with van der Waals surface area (Å²) in [5.41, 5.74) is 0. The molecule has 0 bridgehead atoms. The van der Waals surface area contributed by atoms with Gasteiger partial charge in [0, 0.05) is 12.8 Å². The van der Waals surface area contributed by atoms with E-state index in [0.29, 0.717) is 17.4 Å². The summed E-state index contributed by atoms with van der Waals surface area (Å²) < 4.78 is 34.2. The number of rotatable bonds is 60. The zero-order valence-electron chi connectivity index (χ0n) is 54.3. The Bertz CT molecular complexity index is 1930. The molecule has 2 atom stereocenters. The van der Waals surface area contributed by atoms with Gasteiger partial charge in [0.15, 0.2) is 6.10 Å². The average Bonchev–Trinajstić information content (AvgIpc) is 3.61. The van der Waals surface area contributed by atoms with Crippen molar-refractivity contribution in [3.8, 4) is 0 Å². The van der Waals surface area contributed by atoms with Gasteiger partial charge >= 0.3 is 11.9 Å². The number of phosphoric acid groups is 1. The van der Waals surface area contributed by atoms with Crippen molar-refractivity contribution >= 4 is 19.8 Å². The highest BCUT2D eigenvalue weighted by Crippen LogP contribution is 2.38. The summed E-state index contributed by atoms with van der Waals surface area (Å²) in [7, 11) is 1.12. The Balaban J connectivity index is 4.14. The number of quaternary nitrogens is 1. The number of ether oxygens (including phenoxy) is 2. The van der Waals surface area contributed by atoms with Gasteiger partial charge in [0.25, 0.3) is 7.82 Å². The predicted octanol–water partition coefficient (Wildman–Crippen LogP) is 21.2. The fourth-order valence-electron chi connectivity index (χ4n) is 8.78. The van der Waals surface area contributed by atoms with Gasteiger partial charge in [-0.3, -0.25) is 14.2 Å². The Morgan fingerprint density at radius 1 is 0.369 bits per heavy atom. The number of hydrogen-bond donors (Lipinski definition) is 0. The molecular formula is C74H124NO8P. The molecule has 0 spiro atoms. The third kappa shape index (κ3) is 67.0. The number of carbonyl (C=O) groups excluding carboxylic acids is 2. The minimum atomic E-state index is -4.66. The van der Waals surface area contributed by atoms with Crippen LogP contribution in [0, 0.1) is 0 Å². The van der Waals surface area contributed by atoms with Crippen LogP contribution in [0.15, 0.2) is 146 Å². The van der Waals surface area contributed by atoms with Crippen molar-refractivity contribution in [1.29, 1.82) is 0 Å². The van der Waals surface area contributed by atoms with E-state index in [1.54, 1.807) is 0 Å². The molecule has 0 N–H and O–H groups in total. The SMILES string of the molecule is CC/C=C\C/C=C\C/C=C\C/C=C\C/C=C\C/C=C\C/C=C\C/C=C\CCCCC(=O)OC(COC(=O)CCCCCCCCCCCCCCCCCCCCCC/C=C\C/C=C\C/C=C\C/C=C\CC)COP(=O)([O-])OCC[N+](C)(C)C. The summed E-state index contributed by atoms with van der Waals surface area (Å²) in [6, 6.07) is 0. The van der Waals surface area contributed by atoms with Crippen molar-refractivity contribution in [3.05, 3.63) is 146 Å². The molecule has 0 rings (SSSR count). The highest BCUT2D eigenvalue weighted by atomic mass is 31.2. The zero-order valence-corrected chi connectivity index (χ0v) is 55.2. The molecule has 0 aliphatic carbocycles. The Labute approximate surface area is 516 Å². The molecule has 0 heterocycles. The third-order valence-electron chi connectivity index (χ3n) is 13.9. The molecule has 0 fully saturated rings. The van der Waals surface area contributed by atoms with E-state index in [2.05, 4.69) is 160 Å². The van der Waals surface area contributed by atoms with Crippen LogP contribution >= 0.6 is 7.82 Å². The first-order valence-electron chi connectivity index (χ1n) is 33.5. The summed E-state index contributed by atoms with van der Waals surface area (Å²) in [4.78, 5) is 38.0. The number of phosphoric ester groups is 1. The number of allylic oxidation sites excluding steroid dienone is 24. The lowest BCUT2D eigenvalue weighted by Crippen LogP contribution is -2.37. The van der Waals surface area contributed by atoms with Gasteiger partial charge in [-0.1, -0.05) is 275 Å². The first-order valence-corrected chi connectivity index (χ1v) is 35.0. The maximum atomic E-state index is 12.8. The topological polar surface area (TPSA) is 111 Å². The van der Waals surface area contributed by atoms with Crippen LogP contribution in [0.1, 0.15) is 258 Å². The largest absolute Gasteiger partial charge is 0.756 e. The lowest BCUT2D eigenvalue weighted by Gasteiger charge is -2.28. The van der Waals surface area contributed by atoms with Crippen LogP contribution in [-0.2, 0) is 32.7 Å². The number of hydrogen-bond acceptors (Lipinski definition) is 8. The molecule has 2 unspecified atom stereocenters. The van der Waals surface area contributed by atoms with E-state index in [-0.39, 0.29) is 26.1 Å². The van der Waals surface area contributed by atoms with Crippen molar-refractivity contribution in [1.82, 2.24) is 0 Å². The lowest BCUT2D eigenvalue weighted by molar-refractivity contribution is -0.870. The molecule has 9 nitrogen and oxygen atoms in total. The number of nitrogens with zero attached hydrogens (tertiary/aromatic N) is 1. The first kappa shape index (κ1) is 79.9. The monoisotopic (exact) mass is 1190 g/mol. The summed E-state index contributed by atoms with van der Waals surface area (Å²) in [6.07, 6.45) is 93.6. The molecule has 0 aromatic heterocycles. The van der Waals surface area contributed by atoms with Gasteiger partial charge in [0.2, 0.25) is 0 Å². The fraction of sp³-hybridized carbons (Fsp3) is 0.649. The van der Waals surface area contributed by atoms with Crippen LogP contribution in [-0.4, -0.2) is 70.0 Å². The summed E-state index contributed by atoms with van der Waals surface area (Å²) in [6.45, 7) is 3.96.